The second kappa shape index (κ2) is 5.69. The lowest BCUT2D eigenvalue weighted by Gasteiger charge is -2.13. The van der Waals surface area contributed by atoms with Crippen LogP contribution >= 0.6 is 11.3 Å². The Labute approximate surface area is 117 Å². The minimum Gasteiger partial charge on any atom is -0.481 e. The molecule has 1 amide bonds. The average Bonchev–Trinajstić information content (AvgIpc) is 2.67. The Morgan fingerprint density at radius 3 is 2.42 bits per heavy atom. The fourth-order valence-electron chi connectivity index (χ4n) is 1.34. The molecule has 0 aliphatic heterocycles. The van der Waals surface area contributed by atoms with Gasteiger partial charge in [0.2, 0.25) is 0 Å². The molecule has 5 nitrogen and oxygen atoms in total. The molecular formula is C13H20N2O3S. The van der Waals surface area contributed by atoms with Crippen LogP contribution in [-0.2, 0) is 10.2 Å². The molecule has 0 spiro atoms. The molecule has 0 aromatic carbocycles. The molecule has 0 aliphatic rings. The lowest BCUT2D eigenvalue weighted by Crippen LogP contribution is -2.31. The van der Waals surface area contributed by atoms with Gasteiger partial charge >= 0.3 is 5.97 Å². The largest absolute Gasteiger partial charge is 0.481 e. The molecule has 1 aromatic rings. The summed E-state index contributed by atoms with van der Waals surface area (Å²) < 4.78 is 0. The monoisotopic (exact) mass is 284 g/mol. The van der Waals surface area contributed by atoms with Crippen LogP contribution in [0.3, 0.4) is 0 Å². The molecular weight excluding hydrogens is 264 g/mol. The second-order valence-electron chi connectivity index (χ2n) is 5.63. The van der Waals surface area contributed by atoms with Crippen molar-refractivity contribution in [1.82, 2.24) is 10.3 Å². The molecule has 2 N–H and O–H groups in total. The van der Waals surface area contributed by atoms with Crippen molar-refractivity contribution in [1.29, 1.82) is 0 Å². The van der Waals surface area contributed by atoms with E-state index in [2.05, 4.69) is 10.3 Å². The van der Waals surface area contributed by atoms with E-state index in [9.17, 15) is 9.59 Å². The van der Waals surface area contributed by atoms with E-state index >= 15 is 0 Å². The number of carboxylic acid groups (broad SMARTS) is 1. The minimum atomic E-state index is -0.920. The van der Waals surface area contributed by atoms with Gasteiger partial charge in [0.25, 0.3) is 5.91 Å². The summed E-state index contributed by atoms with van der Waals surface area (Å²) in [6.45, 7) is 9.60. The van der Waals surface area contributed by atoms with Crippen LogP contribution in [0, 0.1) is 12.8 Å². The van der Waals surface area contributed by atoms with E-state index in [4.69, 9.17) is 5.11 Å². The summed E-state index contributed by atoms with van der Waals surface area (Å²) in [6, 6.07) is 0. The van der Waals surface area contributed by atoms with E-state index < -0.39 is 11.9 Å². The Kier molecular flexibility index (Phi) is 4.68. The summed E-state index contributed by atoms with van der Waals surface area (Å²) in [5, 5.41) is 12.3. The third-order valence-corrected chi connectivity index (χ3v) is 4.22. The van der Waals surface area contributed by atoms with Crippen molar-refractivity contribution in [2.24, 2.45) is 5.92 Å². The molecule has 1 aromatic heterocycles. The number of nitrogens with zero attached hydrogens (tertiary/aromatic N) is 1. The molecule has 6 heteroatoms. The number of carbonyl (C=O) groups excluding carboxylic acids is 1. The van der Waals surface area contributed by atoms with Gasteiger partial charge in [-0.1, -0.05) is 27.7 Å². The highest BCUT2D eigenvalue weighted by molar-refractivity contribution is 7.14. The molecule has 0 saturated carbocycles. The fourth-order valence-corrected chi connectivity index (χ4v) is 2.38. The number of aliphatic carboxylic acids is 1. The Balaban J connectivity index is 2.78. The standard InChI is InChI=1S/C13H20N2O3S/c1-7(11(17)18)6-14-10(16)9-8(2)15-12(19-9)13(3,4)5/h7H,6H2,1-5H3,(H,14,16)(H,17,18). The van der Waals surface area contributed by atoms with Crippen molar-refractivity contribution in [3.8, 4) is 0 Å². The van der Waals surface area contributed by atoms with Crippen LogP contribution in [0.4, 0.5) is 0 Å². The van der Waals surface area contributed by atoms with Gasteiger partial charge in [-0.15, -0.1) is 11.3 Å². The maximum atomic E-state index is 12.0. The van der Waals surface area contributed by atoms with Gasteiger partial charge in [-0.3, -0.25) is 9.59 Å². The van der Waals surface area contributed by atoms with E-state index in [1.54, 1.807) is 13.8 Å². The number of thiazole rings is 1. The number of carboxylic acids is 1. The summed E-state index contributed by atoms with van der Waals surface area (Å²) in [4.78, 5) is 27.7. The molecule has 1 atom stereocenters. The fraction of sp³-hybridized carbons (Fsp3) is 0.615. The number of rotatable bonds is 4. The molecule has 0 aliphatic carbocycles. The van der Waals surface area contributed by atoms with Gasteiger partial charge in [0.05, 0.1) is 16.6 Å². The van der Waals surface area contributed by atoms with Gasteiger partial charge in [-0.2, -0.15) is 0 Å². The maximum Gasteiger partial charge on any atom is 0.308 e. The van der Waals surface area contributed by atoms with Gasteiger partial charge in [-0.05, 0) is 6.92 Å². The van der Waals surface area contributed by atoms with Crippen molar-refractivity contribution in [3.63, 3.8) is 0 Å². The predicted molar refractivity (Wildman–Crippen MR) is 74.7 cm³/mol. The summed E-state index contributed by atoms with van der Waals surface area (Å²) in [6.07, 6.45) is 0. The molecule has 0 fully saturated rings. The van der Waals surface area contributed by atoms with Crippen molar-refractivity contribution in [3.05, 3.63) is 15.6 Å². The highest BCUT2D eigenvalue weighted by Crippen LogP contribution is 2.29. The quantitative estimate of drug-likeness (QED) is 0.888. The van der Waals surface area contributed by atoms with Crippen molar-refractivity contribution in [2.75, 3.05) is 6.54 Å². The molecule has 19 heavy (non-hydrogen) atoms. The zero-order valence-electron chi connectivity index (χ0n) is 11.9. The Morgan fingerprint density at radius 2 is 2.00 bits per heavy atom. The average molecular weight is 284 g/mol. The molecule has 0 bridgehead atoms. The van der Waals surface area contributed by atoms with Crippen molar-refractivity contribution < 1.29 is 14.7 Å². The Hall–Kier alpha value is -1.43. The Bertz CT molecular complexity index is 489. The maximum absolute atomic E-state index is 12.0. The topological polar surface area (TPSA) is 79.3 Å². The molecule has 1 heterocycles. The number of hydrogen-bond acceptors (Lipinski definition) is 4. The van der Waals surface area contributed by atoms with Crippen LogP contribution in [0.25, 0.3) is 0 Å². The second-order valence-corrected chi connectivity index (χ2v) is 6.63. The van der Waals surface area contributed by atoms with Crippen LogP contribution in [0.5, 0.6) is 0 Å². The van der Waals surface area contributed by atoms with E-state index in [-0.39, 0.29) is 17.9 Å². The first kappa shape index (κ1) is 15.6. The van der Waals surface area contributed by atoms with Gasteiger partial charge in [0.1, 0.15) is 4.88 Å². The lowest BCUT2D eigenvalue weighted by atomic mass is 9.98. The summed E-state index contributed by atoms with van der Waals surface area (Å²) >= 11 is 1.36. The van der Waals surface area contributed by atoms with Crippen LogP contribution in [0.2, 0.25) is 0 Å². The first-order valence-corrected chi connectivity index (χ1v) is 6.93. The van der Waals surface area contributed by atoms with Crippen LogP contribution in [0.1, 0.15) is 48.1 Å². The zero-order valence-corrected chi connectivity index (χ0v) is 12.7. The van der Waals surface area contributed by atoms with E-state index in [0.29, 0.717) is 10.6 Å². The summed E-state index contributed by atoms with van der Waals surface area (Å²) in [5.74, 6) is -1.77. The summed E-state index contributed by atoms with van der Waals surface area (Å²) in [7, 11) is 0. The zero-order chi connectivity index (χ0) is 14.8. The Morgan fingerprint density at radius 1 is 1.42 bits per heavy atom. The molecule has 0 radical (unpaired) electrons. The molecule has 1 unspecified atom stereocenters. The van der Waals surface area contributed by atoms with Crippen molar-refractivity contribution in [2.45, 2.75) is 40.0 Å². The molecule has 0 saturated heterocycles. The number of aromatic nitrogens is 1. The molecule has 106 valence electrons. The normalized spacial score (nSPS) is 13.1. The number of hydrogen-bond donors (Lipinski definition) is 2. The lowest BCUT2D eigenvalue weighted by molar-refractivity contribution is -0.140. The SMILES string of the molecule is Cc1nc(C(C)(C)C)sc1C(=O)NCC(C)C(=O)O. The van der Waals surface area contributed by atoms with Gasteiger partial charge in [-0.25, -0.2) is 4.98 Å². The van der Waals surface area contributed by atoms with Crippen LogP contribution < -0.4 is 5.32 Å². The van der Waals surface area contributed by atoms with Crippen LogP contribution in [-0.4, -0.2) is 28.5 Å². The number of carbonyl (C=O) groups is 2. The smallest absolute Gasteiger partial charge is 0.308 e. The third kappa shape index (κ3) is 4.02. The summed E-state index contributed by atoms with van der Waals surface area (Å²) in [5.41, 5.74) is 0.595. The minimum absolute atomic E-state index is 0.0949. The molecule has 1 rings (SSSR count). The van der Waals surface area contributed by atoms with Crippen molar-refractivity contribution >= 4 is 23.2 Å². The van der Waals surface area contributed by atoms with E-state index in [1.807, 2.05) is 20.8 Å². The number of aryl methyl sites for hydroxylation is 1. The third-order valence-electron chi connectivity index (χ3n) is 2.63. The first-order valence-electron chi connectivity index (χ1n) is 6.12. The highest BCUT2D eigenvalue weighted by Gasteiger charge is 2.23. The van der Waals surface area contributed by atoms with Gasteiger partial charge < -0.3 is 10.4 Å². The predicted octanol–water partition coefficient (Wildman–Crippen LogP) is 2.20. The number of nitrogens with one attached hydrogen (secondary N) is 1. The van der Waals surface area contributed by atoms with Gasteiger partial charge in [0.15, 0.2) is 0 Å². The number of amides is 1. The van der Waals surface area contributed by atoms with Crippen LogP contribution in [0.15, 0.2) is 0 Å². The highest BCUT2D eigenvalue weighted by atomic mass is 32.1. The van der Waals surface area contributed by atoms with E-state index in [0.717, 1.165) is 5.01 Å². The first-order chi connectivity index (χ1) is 8.62. The van der Waals surface area contributed by atoms with E-state index in [1.165, 1.54) is 11.3 Å². The van der Waals surface area contributed by atoms with Gasteiger partial charge in [0, 0.05) is 12.0 Å².